The monoisotopic (exact) mass is 397 g/mol. The van der Waals surface area contributed by atoms with Gasteiger partial charge in [0.15, 0.2) is 0 Å². The lowest BCUT2D eigenvalue weighted by Gasteiger charge is -2.32. The van der Waals surface area contributed by atoms with Crippen molar-refractivity contribution in [3.8, 4) is 5.75 Å². The molecule has 8 heteroatoms. The van der Waals surface area contributed by atoms with E-state index in [1.54, 1.807) is 11.8 Å². The normalized spacial score (nSPS) is 18.1. The number of carbonyl (C=O) groups excluding carboxylic acids is 1. The Balaban J connectivity index is 1.78. The van der Waals surface area contributed by atoms with Crippen molar-refractivity contribution in [2.75, 3.05) is 17.7 Å². The fourth-order valence-electron chi connectivity index (χ4n) is 3.50. The third kappa shape index (κ3) is 3.53. The van der Waals surface area contributed by atoms with Crippen molar-refractivity contribution in [2.24, 2.45) is 0 Å². The Kier molecular flexibility index (Phi) is 4.92. The van der Waals surface area contributed by atoms with Crippen molar-refractivity contribution in [3.63, 3.8) is 0 Å². The second-order valence-corrected chi connectivity index (χ2v) is 7.06. The van der Waals surface area contributed by atoms with Gasteiger partial charge >= 0.3 is 0 Å². The van der Waals surface area contributed by atoms with E-state index in [1.165, 1.54) is 6.92 Å². The van der Waals surface area contributed by atoms with Crippen molar-refractivity contribution in [1.29, 1.82) is 0 Å². The molecule has 3 aromatic rings. The van der Waals surface area contributed by atoms with Gasteiger partial charge in [-0.25, -0.2) is 4.68 Å². The number of hydrogen-bond donors (Lipinski definition) is 2. The Morgan fingerprint density at radius 1 is 1.25 bits per heavy atom. The average molecular weight is 398 g/mol. The highest BCUT2D eigenvalue weighted by Crippen LogP contribution is 2.41. The summed E-state index contributed by atoms with van der Waals surface area (Å²) in [4.78, 5) is 15.9. The summed E-state index contributed by atoms with van der Waals surface area (Å²) in [6.07, 6.45) is 0.734. The summed E-state index contributed by atoms with van der Waals surface area (Å²) in [6, 6.07) is 15.5. The summed E-state index contributed by atoms with van der Waals surface area (Å²) in [7, 11) is 1.65. The van der Waals surface area contributed by atoms with Crippen LogP contribution in [0.15, 0.2) is 48.5 Å². The number of ether oxygens (including phenoxy) is 1. The first-order valence-electron chi connectivity index (χ1n) is 8.94. The highest BCUT2D eigenvalue weighted by Gasteiger charge is 2.32. The molecule has 0 saturated carbocycles. The molecule has 144 valence electrons. The third-order valence-electron chi connectivity index (χ3n) is 4.75. The first-order valence-corrected chi connectivity index (χ1v) is 9.32. The minimum Gasteiger partial charge on any atom is -0.496 e. The van der Waals surface area contributed by atoms with Crippen LogP contribution in [0.3, 0.4) is 0 Å². The first-order chi connectivity index (χ1) is 13.5. The van der Waals surface area contributed by atoms with E-state index in [4.69, 9.17) is 16.3 Å². The lowest BCUT2D eigenvalue weighted by Crippen LogP contribution is -2.28. The zero-order chi connectivity index (χ0) is 19.7. The van der Waals surface area contributed by atoms with Gasteiger partial charge in [0.05, 0.1) is 19.2 Å². The van der Waals surface area contributed by atoms with Crippen LogP contribution < -0.4 is 15.4 Å². The van der Waals surface area contributed by atoms with Crippen LogP contribution in [0.25, 0.3) is 0 Å². The Morgan fingerprint density at radius 3 is 2.71 bits per heavy atom. The molecule has 0 bridgehead atoms. The zero-order valence-electron chi connectivity index (χ0n) is 15.5. The fourth-order valence-corrected chi connectivity index (χ4v) is 3.63. The number of amides is 1. The Labute approximate surface area is 167 Å². The number of aromatic nitrogens is 3. The van der Waals surface area contributed by atoms with Gasteiger partial charge in [-0.1, -0.05) is 41.9 Å². The van der Waals surface area contributed by atoms with Crippen molar-refractivity contribution in [3.05, 3.63) is 64.7 Å². The van der Waals surface area contributed by atoms with Crippen LogP contribution in [0.4, 0.5) is 11.9 Å². The van der Waals surface area contributed by atoms with E-state index in [0.29, 0.717) is 11.0 Å². The number of halogens is 1. The molecule has 1 amide bonds. The third-order valence-corrected chi connectivity index (χ3v) is 5.00. The van der Waals surface area contributed by atoms with E-state index >= 15 is 0 Å². The van der Waals surface area contributed by atoms with Crippen molar-refractivity contribution < 1.29 is 9.53 Å². The van der Waals surface area contributed by atoms with Crippen LogP contribution >= 0.6 is 11.6 Å². The summed E-state index contributed by atoms with van der Waals surface area (Å²) < 4.78 is 7.37. The van der Waals surface area contributed by atoms with Crippen molar-refractivity contribution in [1.82, 2.24) is 14.8 Å². The number of nitrogens with one attached hydrogen (secondary N) is 2. The zero-order valence-corrected chi connectivity index (χ0v) is 16.3. The number of anilines is 2. The van der Waals surface area contributed by atoms with Crippen LogP contribution in [0.1, 0.15) is 36.6 Å². The molecule has 7 nitrogen and oxygen atoms in total. The van der Waals surface area contributed by atoms with Crippen LogP contribution in [-0.4, -0.2) is 27.8 Å². The average Bonchev–Trinajstić information content (AvgIpc) is 3.09. The maximum atomic E-state index is 11.4. The topological polar surface area (TPSA) is 81.1 Å². The van der Waals surface area contributed by atoms with E-state index in [0.717, 1.165) is 23.3 Å². The van der Waals surface area contributed by atoms with E-state index in [9.17, 15) is 4.79 Å². The van der Waals surface area contributed by atoms with E-state index in [1.807, 2.05) is 48.5 Å². The van der Waals surface area contributed by atoms with Gasteiger partial charge in [0.2, 0.25) is 11.9 Å². The highest BCUT2D eigenvalue weighted by molar-refractivity contribution is 6.30. The number of nitrogens with zero attached hydrogens (tertiary/aromatic N) is 3. The number of methoxy groups -OCH3 is 1. The standard InChI is InChI=1S/C20H20ClN5O2/c1-12(27)22-19-24-20-23-16(13-7-9-14(21)10-8-13)11-17(26(20)25-19)15-5-3-4-6-18(15)28-2/h3-10,16-17H,11H2,1-2H3,(H2,22,23,24,25,27). The molecule has 2 heterocycles. The van der Waals surface area contributed by atoms with Crippen LogP contribution in [0, 0.1) is 0 Å². The van der Waals surface area contributed by atoms with Gasteiger partial charge in [-0.05, 0) is 30.2 Å². The second kappa shape index (κ2) is 7.52. The van der Waals surface area contributed by atoms with E-state index in [2.05, 4.69) is 20.7 Å². The minimum absolute atomic E-state index is 0.00839. The molecule has 28 heavy (non-hydrogen) atoms. The Bertz CT molecular complexity index is 1000. The summed E-state index contributed by atoms with van der Waals surface area (Å²) in [5.74, 6) is 1.43. The summed E-state index contributed by atoms with van der Waals surface area (Å²) >= 11 is 6.04. The molecule has 1 aliphatic heterocycles. The SMILES string of the molecule is COc1ccccc1C1CC(c2ccc(Cl)cc2)Nc2nc(NC(C)=O)nn21. The van der Waals surface area contributed by atoms with Gasteiger partial charge in [0, 0.05) is 17.5 Å². The van der Waals surface area contributed by atoms with Gasteiger partial charge in [-0.2, -0.15) is 4.98 Å². The predicted octanol–water partition coefficient (Wildman–Crippen LogP) is 4.04. The molecule has 1 aromatic heterocycles. The van der Waals surface area contributed by atoms with Crippen molar-refractivity contribution in [2.45, 2.75) is 25.4 Å². The maximum absolute atomic E-state index is 11.4. The van der Waals surface area contributed by atoms with Gasteiger partial charge in [0.1, 0.15) is 5.75 Å². The molecule has 2 N–H and O–H groups in total. The van der Waals surface area contributed by atoms with Crippen molar-refractivity contribution >= 4 is 29.4 Å². The number of hydrogen-bond acceptors (Lipinski definition) is 5. The number of fused-ring (bicyclic) bond motifs is 1. The second-order valence-electron chi connectivity index (χ2n) is 6.63. The fraction of sp³-hybridized carbons (Fsp3) is 0.250. The predicted molar refractivity (Wildman–Crippen MR) is 108 cm³/mol. The largest absolute Gasteiger partial charge is 0.496 e. The quantitative estimate of drug-likeness (QED) is 0.694. The molecular formula is C20H20ClN5O2. The Hall–Kier alpha value is -3.06. The van der Waals surface area contributed by atoms with Gasteiger partial charge in [-0.3, -0.25) is 10.1 Å². The van der Waals surface area contributed by atoms with Crippen LogP contribution in [-0.2, 0) is 4.79 Å². The van der Waals surface area contributed by atoms with Crippen LogP contribution in [0.5, 0.6) is 5.75 Å². The van der Waals surface area contributed by atoms with Gasteiger partial charge < -0.3 is 10.1 Å². The van der Waals surface area contributed by atoms with Gasteiger partial charge in [0.25, 0.3) is 5.95 Å². The lowest BCUT2D eigenvalue weighted by molar-refractivity contribution is -0.114. The number of benzene rings is 2. The van der Waals surface area contributed by atoms with Crippen LogP contribution in [0.2, 0.25) is 5.02 Å². The summed E-state index contributed by atoms with van der Waals surface area (Å²) in [6.45, 7) is 1.43. The number of rotatable bonds is 4. The molecule has 2 atom stereocenters. The highest BCUT2D eigenvalue weighted by atomic mass is 35.5. The molecule has 0 spiro atoms. The van der Waals surface area contributed by atoms with Gasteiger partial charge in [-0.15, -0.1) is 5.10 Å². The summed E-state index contributed by atoms with van der Waals surface area (Å²) in [5.41, 5.74) is 2.10. The number of para-hydroxylation sites is 1. The molecule has 0 saturated heterocycles. The molecule has 2 aromatic carbocycles. The van der Waals surface area contributed by atoms with E-state index in [-0.39, 0.29) is 23.9 Å². The Morgan fingerprint density at radius 2 is 2.00 bits per heavy atom. The first kappa shape index (κ1) is 18.3. The molecule has 0 fully saturated rings. The molecule has 0 radical (unpaired) electrons. The smallest absolute Gasteiger partial charge is 0.250 e. The molecule has 0 aliphatic carbocycles. The lowest BCUT2D eigenvalue weighted by atomic mass is 9.93. The number of carbonyl (C=O) groups is 1. The maximum Gasteiger partial charge on any atom is 0.250 e. The molecule has 4 rings (SSSR count). The molecular weight excluding hydrogens is 378 g/mol. The molecule has 1 aliphatic rings. The summed E-state index contributed by atoms with van der Waals surface area (Å²) in [5, 5.41) is 11.3. The van der Waals surface area contributed by atoms with E-state index < -0.39 is 0 Å². The molecule has 2 unspecified atom stereocenters. The minimum atomic E-state index is -0.217.